The molecule has 2 atom stereocenters. The number of hydrogen-bond donors (Lipinski definition) is 2. The summed E-state index contributed by atoms with van der Waals surface area (Å²) in [4.78, 5) is 38.7. The van der Waals surface area contributed by atoms with E-state index >= 15 is 0 Å². The molecule has 0 aliphatic carbocycles. The van der Waals surface area contributed by atoms with Crippen molar-refractivity contribution in [2.75, 3.05) is 42.6 Å². The number of carbonyl (C=O) groups excluding carboxylic acids is 3. The fourth-order valence-electron chi connectivity index (χ4n) is 3.03. The fraction of sp³-hybridized carbons (Fsp3) is 0.438. The predicted molar refractivity (Wildman–Crippen MR) is 89.2 cm³/mol. The van der Waals surface area contributed by atoms with E-state index in [1.54, 1.807) is 29.2 Å². The quantitative estimate of drug-likeness (QED) is 0.690. The van der Waals surface area contributed by atoms with Crippen molar-refractivity contribution >= 4 is 29.3 Å². The average Bonchev–Trinajstić information content (AvgIpc) is 3.03. The maximum Gasteiger partial charge on any atom is 0.415 e. The van der Waals surface area contributed by atoms with Crippen molar-refractivity contribution < 1.29 is 28.6 Å². The van der Waals surface area contributed by atoms with Crippen molar-refractivity contribution in [3.63, 3.8) is 0 Å². The molecule has 26 heavy (non-hydrogen) atoms. The third-order valence-corrected chi connectivity index (χ3v) is 4.41. The summed E-state index contributed by atoms with van der Waals surface area (Å²) in [5.41, 5.74) is 6.33. The monoisotopic (exact) mass is 366 g/mol. The first-order valence-electron chi connectivity index (χ1n) is 8.07. The number of rotatable bonds is 4. The largest absolute Gasteiger partial charge is 0.434 e. The van der Waals surface area contributed by atoms with Crippen LogP contribution >= 0.6 is 0 Å². The number of ether oxygens (including phenoxy) is 1. The topological polar surface area (TPSA) is 116 Å². The smallest absolute Gasteiger partial charge is 0.415 e. The minimum absolute atomic E-state index is 0.0160. The molecule has 1 aromatic carbocycles. The van der Waals surface area contributed by atoms with Gasteiger partial charge in [-0.3, -0.25) is 14.5 Å². The minimum Gasteiger partial charge on any atom is -0.434 e. The van der Waals surface area contributed by atoms with Crippen LogP contribution in [-0.4, -0.2) is 73.1 Å². The number of aliphatic hydroxyl groups excluding tert-OH is 1. The molecule has 2 saturated heterocycles. The van der Waals surface area contributed by atoms with Crippen LogP contribution in [0.4, 0.5) is 20.6 Å². The number of nitrogens with zero attached hydrogens (tertiary/aromatic N) is 3. The van der Waals surface area contributed by atoms with E-state index in [1.807, 2.05) is 0 Å². The van der Waals surface area contributed by atoms with Gasteiger partial charge in [-0.15, -0.1) is 0 Å². The van der Waals surface area contributed by atoms with Crippen LogP contribution in [0.2, 0.25) is 0 Å². The average molecular weight is 366 g/mol. The summed E-state index contributed by atoms with van der Waals surface area (Å²) in [7, 11) is 0. The summed E-state index contributed by atoms with van der Waals surface area (Å²) in [5, 5.41) is 8.88. The lowest BCUT2D eigenvalue weighted by Gasteiger charge is -2.38. The summed E-state index contributed by atoms with van der Waals surface area (Å²) in [6, 6.07) is 6.81. The first-order chi connectivity index (χ1) is 12.4. The van der Waals surface area contributed by atoms with Gasteiger partial charge in [-0.2, -0.15) is 0 Å². The van der Waals surface area contributed by atoms with Crippen molar-refractivity contribution in [3.8, 4) is 0 Å². The van der Waals surface area contributed by atoms with Gasteiger partial charge in [0, 0.05) is 24.5 Å². The summed E-state index contributed by atoms with van der Waals surface area (Å²) in [6.07, 6.45) is -3.22. The number of primary amides is 1. The van der Waals surface area contributed by atoms with Gasteiger partial charge in [-0.25, -0.2) is 9.18 Å². The molecule has 0 radical (unpaired) electrons. The molecule has 2 aliphatic rings. The summed E-state index contributed by atoms with van der Waals surface area (Å²) in [6.45, 7) is -0.246. The first-order valence-corrected chi connectivity index (χ1v) is 8.07. The van der Waals surface area contributed by atoms with Crippen LogP contribution < -0.4 is 15.5 Å². The Hall–Kier alpha value is -2.88. The molecule has 10 heteroatoms. The summed E-state index contributed by atoms with van der Waals surface area (Å²) >= 11 is 0. The Morgan fingerprint density at radius 1 is 1.27 bits per heavy atom. The number of benzene rings is 1. The van der Waals surface area contributed by atoms with Gasteiger partial charge in [0.15, 0.2) is 12.4 Å². The first kappa shape index (κ1) is 17.9. The molecule has 2 fully saturated rings. The lowest BCUT2D eigenvalue weighted by atomic mass is 10.2. The Kier molecular flexibility index (Phi) is 4.94. The molecule has 9 nitrogen and oxygen atoms in total. The van der Waals surface area contributed by atoms with Crippen LogP contribution in [0.25, 0.3) is 0 Å². The van der Waals surface area contributed by atoms with Gasteiger partial charge in [0.25, 0.3) is 11.8 Å². The normalized spacial score (nSPS) is 23.2. The molecule has 3 amide bonds. The Balaban J connectivity index is 1.73. The standard InChI is InChI=1S/C16H19FN4O5/c17-13-8-19(4-5-20(13)14(23)9-22)10-2-1-3-11(6-10)21-7-12(15(18)24)26-16(21)25/h1-3,6,12-13,22H,4-5,7-9H2,(H2,18,24)/t12-,13?/m1/s1. The molecule has 0 bridgehead atoms. The highest BCUT2D eigenvalue weighted by Gasteiger charge is 2.36. The van der Waals surface area contributed by atoms with Crippen LogP contribution in [0.5, 0.6) is 0 Å². The van der Waals surface area contributed by atoms with Gasteiger partial charge in [0.2, 0.25) is 0 Å². The Morgan fingerprint density at radius 2 is 2.00 bits per heavy atom. The molecule has 3 rings (SSSR count). The second-order valence-corrected chi connectivity index (χ2v) is 6.03. The number of alkyl halides is 1. The van der Waals surface area contributed by atoms with Crippen molar-refractivity contribution in [1.82, 2.24) is 4.90 Å². The van der Waals surface area contributed by atoms with Crippen LogP contribution in [-0.2, 0) is 14.3 Å². The maximum atomic E-state index is 14.2. The van der Waals surface area contributed by atoms with E-state index in [0.717, 1.165) is 4.90 Å². The molecule has 2 heterocycles. The van der Waals surface area contributed by atoms with Crippen LogP contribution in [0.15, 0.2) is 24.3 Å². The van der Waals surface area contributed by atoms with Crippen LogP contribution in [0, 0.1) is 0 Å². The number of nitrogens with two attached hydrogens (primary N) is 1. The lowest BCUT2D eigenvalue weighted by Crippen LogP contribution is -2.54. The van der Waals surface area contributed by atoms with E-state index in [0.29, 0.717) is 17.9 Å². The Morgan fingerprint density at radius 3 is 2.62 bits per heavy atom. The molecule has 1 aromatic rings. The van der Waals surface area contributed by atoms with E-state index in [1.165, 1.54) is 4.90 Å². The van der Waals surface area contributed by atoms with Gasteiger partial charge in [-0.1, -0.05) is 6.07 Å². The van der Waals surface area contributed by atoms with E-state index in [2.05, 4.69) is 0 Å². The molecule has 0 saturated carbocycles. The van der Waals surface area contributed by atoms with Crippen molar-refractivity contribution in [1.29, 1.82) is 0 Å². The van der Waals surface area contributed by atoms with Crippen molar-refractivity contribution in [2.45, 2.75) is 12.4 Å². The van der Waals surface area contributed by atoms with Crippen molar-refractivity contribution in [3.05, 3.63) is 24.3 Å². The van der Waals surface area contributed by atoms with Gasteiger partial charge in [0.1, 0.15) is 6.61 Å². The van der Waals surface area contributed by atoms with E-state index in [9.17, 15) is 18.8 Å². The molecular formula is C16H19FN4O5. The zero-order valence-corrected chi connectivity index (χ0v) is 13.9. The number of piperazine rings is 1. The number of amides is 3. The van der Waals surface area contributed by atoms with Crippen molar-refractivity contribution in [2.24, 2.45) is 5.73 Å². The number of cyclic esters (lactones) is 1. The van der Waals surface area contributed by atoms with Crippen LogP contribution in [0.3, 0.4) is 0 Å². The molecule has 1 unspecified atom stereocenters. The highest BCUT2D eigenvalue weighted by atomic mass is 19.1. The highest BCUT2D eigenvalue weighted by molar-refractivity contribution is 5.95. The Labute approximate surface area is 148 Å². The van der Waals surface area contributed by atoms with E-state index in [4.69, 9.17) is 15.6 Å². The van der Waals surface area contributed by atoms with Crippen LogP contribution in [0.1, 0.15) is 0 Å². The second-order valence-electron chi connectivity index (χ2n) is 6.03. The second kappa shape index (κ2) is 7.16. The molecule has 0 aromatic heterocycles. The maximum absolute atomic E-state index is 14.2. The Bertz CT molecular complexity index is 730. The summed E-state index contributed by atoms with van der Waals surface area (Å²) in [5.74, 6) is -1.37. The third-order valence-electron chi connectivity index (χ3n) is 4.41. The number of aliphatic hydroxyl groups is 1. The van der Waals surface area contributed by atoms with Gasteiger partial charge < -0.3 is 25.4 Å². The number of hydrogen-bond acceptors (Lipinski definition) is 6. The minimum atomic E-state index is -1.54. The van der Waals surface area contributed by atoms with Gasteiger partial charge in [-0.05, 0) is 18.2 Å². The summed E-state index contributed by atoms with van der Waals surface area (Å²) < 4.78 is 19.2. The number of carbonyl (C=O) groups is 3. The molecule has 140 valence electrons. The SMILES string of the molecule is NC(=O)[C@H]1CN(c2cccc(N3CCN(C(=O)CO)C(F)C3)c2)C(=O)O1. The zero-order valence-electron chi connectivity index (χ0n) is 13.9. The molecular weight excluding hydrogens is 347 g/mol. The van der Waals surface area contributed by atoms with Gasteiger partial charge >= 0.3 is 6.09 Å². The fourth-order valence-corrected chi connectivity index (χ4v) is 3.03. The van der Waals surface area contributed by atoms with E-state index in [-0.39, 0.29) is 19.6 Å². The zero-order chi connectivity index (χ0) is 18.8. The lowest BCUT2D eigenvalue weighted by molar-refractivity contribution is -0.140. The number of halogens is 1. The molecule has 2 aliphatic heterocycles. The van der Waals surface area contributed by atoms with Gasteiger partial charge in [0.05, 0.1) is 13.1 Å². The highest BCUT2D eigenvalue weighted by Crippen LogP contribution is 2.28. The third kappa shape index (κ3) is 3.40. The predicted octanol–water partition coefficient (Wildman–Crippen LogP) is -0.566. The van der Waals surface area contributed by atoms with E-state index < -0.39 is 36.9 Å². The molecule has 0 spiro atoms. The molecule has 3 N–H and O–H groups in total. The number of anilines is 2.